The first-order chi connectivity index (χ1) is 10.3. The second kappa shape index (κ2) is 6.09. The first-order valence-electron chi connectivity index (χ1n) is 6.77. The molecule has 1 spiro atoms. The largest absolute Gasteiger partial charge is 0.347 e. The molecule has 5 nitrogen and oxygen atoms in total. The van der Waals surface area contributed by atoms with Gasteiger partial charge in [-0.3, -0.25) is 0 Å². The number of nitrogens with zero attached hydrogens (tertiary/aromatic N) is 1. The summed E-state index contributed by atoms with van der Waals surface area (Å²) in [5.74, 6) is -0.639. The van der Waals surface area contributed by atoms with E-state index in [1.54, 1.807) is 0 Å². The zero-order valence-corrected chi connectivity index (χ0v) is 14.6. The number of hydrogen-bond donors (Lipinski definition) is 0. The van der Waals surface area contributed by atoms with Crippen LogP contribution in [0.1, 0.15) is 12.8 Å². The highest BCUT2D eigenvalue weighted by Gasteiger charge is 2.43. The Labute approximate surface area is 144 Å². The quantitative estimate of drug-likeness (QED) is 0.783. The van der Waals surface area contributed by atoms with Gasteiger partial charge in [0.15, 0.2) is 5.79 Å². The van der Waals surface area contributed by atoms with Crippen LogP contribution in [0.3, 0.4) is 0 Å². The normalized spacial score (nSPS) is 22.3. The molecule has 2 saturated heterocycles. The highest BCUT2D eigenvalue weighted by molar-refractivity contribution is 7.89. The van der Waals surface area contributed by atoms with E-state index in [2.05, 4.69) is 0 Å². The van der Waals surface area contributed by atoms with Gasteiger partial charge in [0, 0.05) is 31.0 Å². The van der Waals surface area contributed by atoms with Crippen LogP contribution in [-0.4, -0.2) is 44.8 Å². The molecule has 0 N–H and O–H groups in total. The van der Waals surface area contributed by atoms with E-state index < -0.39 is 15.8 Å². The molecule has 2 fully saturated rings. The number of hydrogen-bond acceptors (Lipinski definition) is 4. The van der Waals surface area contributed by atoms with Gasteiger partial charge in [-0.25, -0.2) is 8.42 Å². The highest BCUT2D eigenvalue weighted by Crippen LogP contribution is 2.38. The van der Waals surface area contributed by atoms with E-state index in [1.165, 1.54) is 16.4 Å². The smallest absolute Gasteiger partial charge is 0.246 e. The highest BCUT2D eigenvalue weighted by atomic mass is 35.5. The SMILES string of the molecule is O=S(=O)(c1c(Cl)cc(Cl)cc1Cl)N1CCC2(CC1)OCCO2. The number of sulfonamides is 1. The Balaban J connectivity index is 1.86. The van der Waals surface area contributed by atoms with Crippen LogP contribution in [0.5, 0.6) is 0 Å². The van der Waals surface area contributed by atoms with Gasteiger partial charge in [-0.05, 0) is 12.1 Å². The van der Waals surface area contributed by atoms with E-state index in [1.807, 2.05) is 0 Å². The second-order valence-electron chi connectivity index (χ2n) is 5.21. The van der Waals surface area contributed by atoms with Crippen molar-refractivity contribution in [1.82, 2.24) is 4.31 Å². The molecule has 2 aliphatic rings. The maximum Gasteiger partial charge on any atom is 0.246 e. The Kier molecular flexibility index (Phi) is 4.64. The zero-order valence-electron chi connectivity index (χ0n) is 11.5. The lowest BCUT2D eigenvalue weighted by Crippen LogP contribution is -2.47. The Hall–Kier alpha value is -0.0800. The van der Waals surface area contributed by atoms with Crippen molar-refractivity contribution in [3.05, 3.63) is 27.2 Å². The average molecular weight is 387 g/mol. The predicted octanol–water partition coefficient (Wildman–Crippen LogP) is 3.17. The molecule has 2 aliphatic heterocycles. The number of benzene rings is 1. The molecular weight excluding hydrogens is 373 g/mol. The zero-order chi connectivity index (χ0) is 16.0. The summed E-state index contributed by atoms with van der Waals surface area (Å²) in [6, 6.07) is 2.74. The molecule has 9 heteroatoms. The van der Waals surface area contributed by atoms with Gasteiger partial charge in [0.05, 0.1) is 23.3 Å². The summed E-state index contributed by atoms with van der Waals surface area (Å²) >= 11 is 17.9. The van der Waals surface area contributed by atoms with Crippen LogP contribution in [0.2, 0.25) is 15.1 Å². The molecule has 1 aromatic carbocycles. The molecule has 0 aromatic heterocycles. The number of rotatable bonds is 2. The minimum atomic E-state index is -3.79. The number of halogens is 3. The van der Waals surface area contributed by atoms with Gasteiger partial charge in [-0.1, -0.05) is 34.8 Å². The molecule has 0 aliphatic carbocycles. The Bertz CT molecular complexity index is 656. The first-order valence-corrected chi connectivity index (χ1v) is 9.34. The summed E-state index contributed by atoms with van der Waals surface area (Å²) in [7, 11) is -3.79. The average Bonchev–Trinajstić information content (AvgIpc) is 2.86. The Morgan fingerprint density at radius 2 is 1.50 bits per heavy atom. The monoisotopic (exact) mass is 385 g/mol. The molecular formula is C13H14Cl3NO4S. The molecule has 122 valence electrons. The lowest BCUT2D eigenvalue weighted by molar-refractivity contribution is -0.179. The topological polar surface area (TPSA) is 55.8 Å². The third-order valence-corrected chi connectivity index (χ3v) is 6.90. The molecule has 1 aromatic rings. The van der Waals surface area contributed by atoms with E-state index in [9.17, 15) is 8.42 Å². The summed E-state index contributed by atoms with van der Waals surface area (Å²) in [6.45, 7) is 1.67. The van der Waals surface area contributed by atoms with E-state index in [0.29, 0.717) is 31.1 Å². The fraction of sp³-hybridized carbons (Fsp3) is 0.538. The predicted molar refractivity (Wildman–Crippen MR) is 84.1 cm³/mol. The van der Waals surface area contributed by atoms with Crippen LogP contribution in [-0.2, 0) is 19.5 Å². The van der Waals surface area contributed by atoms with E-state index >= 15 is 0 Å². The van der Waals surface area contributed by atoms with Gasteiger partial charge in [0.25, 0.3) is 0 Å². The van der Waals surface area contributed by atoms with Gasteiger partial charge in [0.2, 0.25) is 10.0 Å². The van der Waals surface area contributed by atoms with Crippen LogP contribution >= 0.6 is 34.8 Å². The number of ether oxygens (including phenoxy) is 2. The molecule has 22 heavy (non-hydrogen) atoms. The fourth-order valence-electron chi connectivity index (χ4n) is 2.76. The third-order valence-electron chi connectivity index (χ3n) is 3.86. The molecule has 0 unspecified atom stereocenters. The van der Waals surface area contributed by atoms with E-state index in [-0.39, 0.29) is 28.0 Å². The van der Waals surface area contributed by atoms with Gasteiger partial charge in [0.1, 0.15) is 4.90 Å². The molecule has 0 atom stereocenters. The molecule has 2 heterocycles. The second-order valence-corrected chi connectivity index (χ2v) is 8.34. The molecule has 0 amide bonds. The van der Waals surface area contributed by atoms with Crippen molar-refractivity contribution in [2.75, 3.05) is 26.3 Å². The molecule has 0 bridgehead atoms. The third kappa shape index (κ3) is 2.98. The lowest BCUT2D eigenvalue weighted by atomic mass is 10.1. The molecule has 3 rings (SSSR count). The summed E-state index contributed by atoms with van der Waals surface area (Å²) in [6.07, 6.45) is 0.962. The van der Waals surface area contributed by atoms with Crippen molar-refractivity contribution in [2.24, 2.45) is 0 Å². The van der Waals surface area contributed by atoms with Crippen molar-refractivity contribution in [1.29, 1.82) is 0 Å². The molecule has 0 saturated carbocycles. The first kappa shape index (κ1) is 16.8. The van der Waals surface area contributed by atoms with Crippen molar-refractivity contribution < 1.29 is 17.9 Å². The van der Waals surface area contributed by atoms with Crippen molar-refractivity contribution in [2.45, 2.75) is 23.5 Å². The Morgan fingerprint density at radius 1 is 1.00 bits per heavy atom. The standard InChI is InChI=1S/C13H14Cl3NO4S/c14-9-7-10(15)12(11(16)8-9)22(18,19)17-3-1-13(2-4-17)20-5-6-21-13/h7-8H,1-6H2. The summed E-state index contributed by atoms with van der Waals surface area (Å²) < 4.78 is 38.1. The van der Waals surface area contributed by atoms with Gasteiger partial charge < -0.3 is 9.47 Å². The van der Waals surface area contributed by atoms with Crippen molar-refractivity contribution in [3.8, 4) is 0 Å². The minimum Gasteiger partial charge on any atom is -0.347 e. The van der Waals surface area contributed by atoms with E-state index in [4.69, 9.17) is 44.3 Å². The minimum absolute atomic E-state index is 0.0196. The summed E-state index contributed by atoms with van der Waals surface area (Å²) in [5, 5.41) is 0.330. The van der Waals surface area contributed by atoms with Gasteiger partial charge >= 0.3 is 0 Å². The van der Waals surface area contributed by atoms with Gasteiger partial charge in [-0.2, -0.15) is 4.31 Å². The van der Waals surface area contributed by atoms with Crippen LogP contribution in [0.4, 0.5) is 0 Å². The lowest BCUT2D eigenvalue weighted by Gasteiger charge is -2.37. The Morgan fingerprint density at radius 3 is 2.00 bits per heavy atom. The molecule has 0 radical (unpaired) electrons. The van der Waals surface area contributed by atoms with Gasteiger partial charge in [-0.15, -0.1) is 0 Å². The number of piperidine rings is 1. The maximum atomic E-state index is 12.8. The van der Waals surface area contributed by atoms with Crippen LogP contribution in [0.15, 0.2) is 17.0 Å². The maximum absolute atomic E-state index is 12.8. The summed E-state index contributed by atoms with van der Waals surface area (Å²) in [5.41, 5.74) is 0. The van der Waals surface area contributed by atoms with Crippen LogP contribution in [0, 0.1) is 0 Å². The van der Waals surface area contributed by atoms with E-state index in [0.717, 1.165) is 0 Å². The fourth-order valence-corrected chi connectivity index (χ4v) is 5.69. The van der Waals surface area contributed by atoms with Crippen LogP contribution in [0.25, 0.3) is 0 Å². The van der Waals surface area contributed by atoms with Crippen LogP contribution < -0.4 is 0 Å². The summed E-state index contributed by atoms with van der Waals surface area (Å²) in [4.78, 5) is -0.107. The van der Waals surface area contributed by atoms with Crippen molar-refractivity contribution >= 4 is 44.8 Å². The van der Waals surface area contributed by atoms with Crippen molar-refractivity contribution in [3.63, 3.8) is 0 Å².